The second-order valence-electron chi connectivity index (χ2n) is 6.01. The largest absolute Gasteiger partial charge is 0.507 e. The number of phenols is 1. The van der Waals surface area contributed by atoms with Crippen molar-refractivity contribution in [1.82, 2.24) is 4.57 Å². The number of nitrogens with zero attached hydrogens (tertiary/aromatic N) is 1. The highest BCUT2D eigenvalue weighted by Crippen LogP contribution is 2.38. The van der Waals surface area contributed by atoms with Gasteiger partial charge in [0, 0.05) is 18.1 Å². The quantitative estimate of drug-likeness (QED) is 0.559. The van der Waals surface area contributed by atoms with Crippen molar-refractivity contribution < 1.29 is 36.2 Å². The first-order chi connectivity index (χ1) is 13.5. The minimum Gasteiger partial charge on any atom is -0.507 e. The molecule has 0 radical (unpaired) electrons. The molecule has 2 aromatic carbocycles. The van der Waals surface area contributed by atoms with Crippen LogP contribution in [0.3, 0.4) is 0 Å². The first-order valence-corrected chi connectivity index (χ1v) is 8.03. The van der Waals surface area contributed by atoms with E-state index in [0.29, 0.717) is 12.1 Å². The monoisotopic (exact) mass is 414 g/mol. The number of aromatic hydroxyl groups is 1. The number of hydrogen-bond acceptors (Lipinski definition) is 2. The molecule has 1 aromatic heterocycles. The molecule has 2 N–H and O–H groups in total. The molecule has 0 atom stereocenters. The molecule has 0 fully saturated rings. The number of anilines is 1. The first kappa shape index (κ1) is 20.3. The first-order valence-electron chi connectivity index (χ1n) is 8.03. The second kappa shape index (κ2) is 7.19. The Morgan fingerprint density at radius 2 is 1.41 bits per heavy atom. The van der Waals surface area contributed by atoms with Crippen LogP contribution in [0.5, 0.6) is 5.75 Å². The highest BCUT2D eigenvalue weighted by Gasteiger charge is 2.37. The lowest BCUT2D eigenvalue weighted by Gasteiger charge is -2.16. The summed E-state index contributed by atoms with van der Waals surface area (Å²) in [7, 11) is 0. The molecule has 3 aromatic rings. The van der Waals surface area contributed by atoms with Crippen LogP contribution in [0.1, 0.15) is 21.5 Å². The fourth-order valence-electron chi connectivity index (χ4n) is 2.69. The van der Waals surface area contributed by atoms with Crippen molar-refractivity contribution >= 4 is 11.6 Å². The Morgan fingerprint density at radius 3 is 1.93 bits per heavy atom. The van der Waals surface area contributed by atoms with E-state index in [1.54, 1.807) is 24.5 Å². The topological polar surface area (TPSA) is 54.3 Å². The number of hydrogen-bond donors (Lipinski definition) is 2. The molecule has 0 aliphatic carbocycles. The van der Waals surface area contributed by atoms with Crippen LogP contribution in [0, 0.1) is 0 Å². The Bertz CT molecular complexity index is 1010. The van der Waals surface area contributed by atoms with Crippen molar-refractivity contribution in [1.29, 1.82) is 0 Å². The number of rotatable bonds is 3. The lowest BCUT2D eigenvalue weighted by Crippen LogP contribution is -2.17. The van der Waals surface area contributed by atoms with Crippen molar-refractivity contribution in [2.24, 2.45) is 0 Å². The van der Waals surface area contributed by atoms with Crippen LogP contribution in [0.2, 0.25) is 0 Å². The van der Waals surface area contributed by atoms with Crippen molar-refractivity contribution in [3.05, 3.63) is 77.6 Å². The van der Waals surface area contributed by atoms with E-state index in [4.69, 9.17) is 0 Å². The van der Waals surface area contributed by atoms with Gasteiger partial charge in [-0.25, -0.2) is 0 Å². The molecule has 0 unspecified atom stereocenters. The van der Waals surface area contributed by atoms with Gasteiger partial charge in [-0.1, -0.05) is 6.07 Å². The summed E-state index contributed by atoms with van der Waals surface area (Å²) in [6.07, 6.45) is -6.99. The number of carbonyl (C=O) groups excluding carboxylic acids is 1. The number of aromatic nitrogens is 1. The van der Waals surface area contributed by atoms with E-state index in [0.717, 1.165) is 0 Å². The minimum absolute atomic E-state index is 0.0408. The molecule has 4 nitrogen and oxygen atoms in total. The zero-order valence-electron chi connectivity index (χ0n) is 14.3. The number of halogens is 6. The maximum atomic E-state index is 13.0. The van der Waals surface area contributed by atoms with Gasteiger partial charge in [0.2, 0.25) is 0 Å². The summed E-state index contributed by atoms with van der Waals surface area (Å²) in [5, 5.41) is 12.1. The summed E-state index contributed by atoms with van der Waals surface area (Å²) in [5.41, 5.74) is -3.96. The molecule has 0 aliphatic rings. The minimum atomic E-state index is -5.05. The van der Waals surface area contributed by atoms with Gasteiger partial charge in [0.15, 0.2) is 0 Å². The number of amides is 1. The molecule has 0 bridgehead atoms. The zero-order valence-corrected chi connectivity index (χ0v) is 14.3. The van der Waals surface area contributed by atoms with Crippen LogP contribution in [-0.4, -0.2) is 15.6 Å². The van der Waals surface area contributed by atoms with Crippen LogP contribution in [0.15, 0.2) is 60.9 Å². The lowest BCUT2D eigenvalue weighted by atomic mass is 10.1. The SMILES string of the molecule is O=C(Nc1cc(C(F)(F)F)cc(C(F)(F)F)c1)c1c(O)cccc1-n1cccc1. The van der Waals surface area contributed by atoms with Gasteiger partial charge in [-0.2, -0.15) is 26.3 Å². The van der Waals surface area contributed by atoms with Crippen LogP contribution in [-0.2, 0) is 12.4 Å². The van der Waals surface area contributed by atoms with E-state index in [1.165, 1.54) is 22.8 Å². The molecule has 10 heteroatoms. The Morgan fingerprint density at radius 1 is 0.862 bits per heavy atom. The molecule has 152 valence electrons. The fraction of sp³-hybridized carbons (Fsp3) is 0.105. The van der Waals surface area contributed by atoms with Gasteiger partial charge in [-0.3, -0.25) is 4.79 Å². The molecule has 0 saturated carbocycles. The van der Waals surface area contributed by atoms with E-state index in [1.807, 2.05) is 5.32 Å². The second-order valence-corrected chi connectivity index (χ2v) is 6.01. The molecule has 0 spiro atoms. The van der Waals surface area contributed by atoms with Gasteiger partial charge in [-0.05, 0) is 42.5 Å². The van der Waals surface area contributed by atoms with Gasteiger partial charge in [0.05, 0.1) is 16.8 Å². The van der Waals surface area contributed by atoms with Crippen molar-refractivity contribution in [2.75, 3.05) is 5.32 Å². The van der Waals surface area contributed by atoms with Crippen molar-refractivity contribution in [3.63, 3.8) is 0 Å². The summed E-state index contributed by atoms with van der Waals surface area (Å²) in [4.78, 5) is 12.6. The number of alkyl halides is 6. The zero-order chi connectivity index (χ0) is 21.4. The molecule has 0 saturated heterocycles. The standard InChI is InChI=1S/C19H12F6N2O2/c20-18(21,22)11-8-12(19(23,24)25)10-13(9-11)26-17(29)16-14(4-3-5-15(16)28)27-6-1-2-7-27/h1-10,28H,(H,26,29). The van der Waals surface area contributed by atoms with E-state index in [9.17, 15) is 36.2 Å². The molecule has 1 heterocycles. The lowest BCUT2D eigenvalue weighted by molar-refractivity contribution is -0.143. The number of phenolic OH excluding ortho intramolecular Hbond substituents is 1. The van der Waals surface area contributed by atoms with Crippen LogP contribution in [0.25, 0.3) is 5.69 Å². The van der Waals surface area contributed by atoms with E-state index in [-0.39, 0.29) is 17.3 Å². The molecule has 0 aliphatic heterocycles. The third-order valence-corrected chi connectivity index (χ3v) is 3.98. The van der Waals surface area contributed by atoms with Gasteiger partial charge in [0.25, 0.3) is 5.91 Å². The maximum Gasteiger partial charge on any atom is 0.416 e. The van der Waals surface area contributed by atoms with Crippen molar-refractivity contribution in [2.45, 2.75) is 12.4 Å². The van der Waals surface area contributed by atoms with Crippen molar-refractivity contribution in [3.8, 4) is 11.4 Å². The van der Waals surface area contributed by atoms with Gasteiger partial charge in [-0.15, -0.1) is 0 Å². The third kappa shape index (κ3) is 4.36. The average Bonchev–Trinajstić information content (AvgIpc) is 3.14. The Labute approximate surface area is 160 Å². The summed E-state index contributed by atoms with van der Waals surface area (Å²) in [5.74, 6) is -1.56. The Balaban J connectivity index is 2.04. The summed E-state index contributed by atoms with van der Waals surface area (Å²) in [6, 6.07) is 8.08. The smallest absolute Gasteiger partial charge is 0.416 e. The Kier molecular flexibility index (Phi) is 5.04. The predicted molar refractivity (Wildman–Crippen MR) is 91.8 cm³/mol. The van der Waals surface area contributed by atoms with Gasteiger partial charge in [0.1, 0.15) is 11.3 Å². The van der Waals surface area contributed by atoms with Crippen LogP contribution < -0.4 is 5.32 Å². The predicted octanol–water partition coefficient (Wildman–Crippen LogP) is 5.47. The number of benzene rings is 2. The summed E-state index contributed by atoms with van der Waals surface area (Å²) < 4.78 is 79.4. The van der Waals surface area contributed by atoms with E-state index in [2.05, 4.69) is 0 Å². The molecule has 3 rings (SSSR count). The highest BCUT2D eigenvalue weighted by molar-refractivity contribution is 6.08. The van der Waals surface area contributed by atoms with E-state index < -0.39 is 40.8 Å². The maximum absolute atomic E-state index is 13.0. The van der Waals surface area contributed by atoms with Crippen LogP contribution in [0.4, 0.5) is 32.0 Å². The molecule has 1 amide bonds. The number of nitrogens with one attached hydrogen (secondary N) is 1. The normalized spacial score (nSPS) is 12.1. The average molecular weight is 414 g/mol. The van der Waals surface area contributed by atoms with Gasteiger partial charge < -0.3 is 15.0 Å². The fourth-order valence-corrected chi connectivity index (χ4v) is 2.69. The van der Waals surface area contributed by atoms with Crippen LogP contribution >= 0.6 is 0 Å². The summed E-state index contributed by atoms with van der Waals surface area (Å²) in [6.45, 7) is 0. The third-order valence-electron chi connectivity index (χ3n) is 3.98. The molecule has 29 heavy (non-hydrogen) atoms. The van der Waals surface area contributed by atoms with E-state index >= 15 is 0 Å². The summed E-state index contributed by atoms with van der Waals surface area (Å²) >= 11 is 0. The molecular formula is C19H12F6N2O2. The molecular weight excluding hydrogens is 402 g/mol. The Hall–Kier alpha value is -3.43. The highest BCUT2D eigenvalue weighted by atomic mass is 19.4. The van der Waals surface area contributed by atoms with Gasteiger partial charge >= 0.3 is 12.4 Å². The number of carbonyl (C=O) groups is 1.